The van der Waals surface area contributed by atoms with Crippen molar-refractivity contribution in [2.45, 2.75) is 33.4 Å². The van der Waals surface area contributed by atoms with E-state index in [1.807, 2.05) is 12.1 Å². The summed E-state index contributed by atoms with van der Waals surface area (Å²) in [6.07, 6.45) is 0. The summed E-state index contributed by atoms with van der Waals surface area (Å²) in [7, 11) is 1.80. The maximum atomic E-state index is 4.23. The zero-order chi connectivity index (χ0) is 13.5. The smallest absolute Gasteiger partial charge is 0.191 e. The van der Waals surface area contributed by atoms with Crippen molar-refractivity contribution >= 4 is 21.9 Å². The molecule has 0 saturated carbocycles. The van der Waals surface area contributed by atoms with E-state index in [1.165, 1.54) is 5.56 Å². The molecule has 1 unspecified atom stereocenters. The lowest BCUT2D eigenvalue weighted by atomic mass is 10.1. The summed E-state index contributed by atoms with van der Waals surface area (Å²) in [5.41, 5.74) is 1.23. The number of nitrogens with one attached hydrogen (secondary N) is 2. The summed E-state index contributed by atoms with van der Waals surface area (Å²) in [6, 6.07) is 8.68. The molecule has 0 bridgehead atoms. The third-order valence-electron chi connectivity index (χ3n) is 2.96. The minimum absolute atomic E-state index is 0.404. The highest BCUT2D eigenvalue weighted by atomic mass is 79.9. The van der Waals surface area contributed by atoms with Crippen LogP contribution < -0.4 is 10.6 Å². The average molecular weight is 312 g/mol. The predicted octanol–water partition coefficient (Wildman–Crippen LogP) is 3.16. The Hall–Kier alpha value is -1.03. The topological polar surface area (TPSA) is 36.4 Å². The minimum Gasteiger partial charge on any atom is -0.354 e. The van der Waals surface area contributed by atoms with Gasteiger partial charge in [0.05, 0.1) is 0 Å². The van der Waals surface area contributed by atoms with Gasteiger partial charge < -0.3 is 10.6 Å². The summed E-state index contributed by atoms with van der Waals surface area (Å²) in [5, 5.41) is 6.69. The van der Waals surface area contributed by atoms with Crippen molar-refractivity contribution in [3.05, 3.63) is 34.3 Å². The Morgan fingerprint density at radius 2 is 1.83 bits per heavy atom. The molecular formula is C14H22BrN3. The molecule has 1 aromatic carbocycles. The molecule has 0 fully saturated rings. The molecule has 0 aliphatic carbocycles. The third-order valence-corrected chi connectivity index (χ3v) is 3.49. The molecule has 4 heteroatoms. The van der Waals surface area contributed by atoms with Gasteiger partial charge in [-0.25, -0.2) is 0 Å². The number of halogens is 1. The van der Waals surface area contributed by atoms with Crippen LogP contribution in [0.1, 0.15) is 26.3 Å². The minimum atomic E-state index is 0.404. The molecule has 0 amide bonds. The van der Waals surface area contributed by atoms with Gasteiger partial charge in [0, 0.05) is 24.1 Å². The van der Waals surface area contributed by atoms with Crippen LogP contribution in [-0.2, 0) is 6.54 Å². The van der Waals surface area contributed by atoms with Gasteiger partial charge in [-0.15, -0.1) is 0 Å². The number of hydrogen-bond donors (Lipinski definition) is 2. The molecule has 1 aromatic rings. The predicted molar refractivity (Wildman–Crippen MR) is 81.8 cm³/mol. The molecule has 0 aromatic heterocycles. The Balaban J connectivity index is 2.47. The van der Waals surface area contributed by atoms with E-state index in [0.29, 0.717) is 12.0 Å². The van der Waals surface area contributed by atoms with Gasteiger partial charge in [-0.3, -0.25) is 4.99 Å². The van der Waals surface area contributed by atoms with Crippen molar-refractivity contribution in [2.24, 2.45) is 10.9 Å². The van der Waals surface area contributed by atoms with Gasteiger partial charge in [0.2, 0.25) is 0 Å². The van der Waals surface area contributed by atoms with E-state index in [1.54, 1.807) is 7.05 Å². The van der Waals surface area contributed by atoms with E-state index in [9.17, 15) is 0 Å². The van der Waals surface area contributed by atoms with Gasteiger partial charge in [-0.05, 0) is 30.5 Å². The number of rotatable bonds is 4. The van der Waals surface area contributed by atoms with Gasteiger partial charge in [0.25, 0.3) is 0 Å². The second kappa shape index (κ2) is 7.41. The SMILES string of the molecule is CN=C(NCc1ccc(Br)cc1)NC(C)C(C)C. The highest BCUT2D eigenvalue weighted by Gasteiger charge is 2.08. The molecular weight excluding hydrogens is 290 g/mol. The van der Waals surface area contributed by atoms with Crippen LogP contribution in [0.4, 0.5) is 0 Å². The van der Waals surface area contributed by atoms with Gasteiger partial charge in [-0.2, -0.15) is 0 Å². The van der Waals surface area contributed by atoms with Crippen LogP contribution in [0.15, 0.2) is 33.7 Å². The van der Waals surface area contributed by atoms with Crippen LogP contribution in [0.2, 0.25) is 0 Å². The zero-order valence-electron chi connectivity index (χ0n) is 11.5. The van der Waals surface area contributed by atoms with Crippen LogP contribution in [0, 0.1) is 5.92 Å². The Labute approximate surface area is 118 Å². The molecule has 0 heterocycles. The van der Waals surface area contributed by atoms with E-state index in [-0.39, 0.29) is 0 Å². The fourth-order valence-corrected chi connectivity index (χ4v) is 1.63. The molecule has 18 heavy (non-hydrogen) atoms. The molecule has 0 radical (unpaired) electrons. The maximum Gasteiger partial charge on any atom is 0.191 e. The summed E-state index contributed by atoms with van der Waals surface area (Å²) >= 11 is 3.43. The van der Waals surface area contributed by atoms with Crippen LogP contribution >= 0.6 is 15.9 Å². The Bertz CT molecular complexity index is 385. The lowest BCUT2D eigenvalue weighted by Crippen LogP contribution is -2.43. The summed E-state index contributed by atoms with van der Waals surface area (Å²) < 4.78 is 1.10. The summed E-state index contributed by atoms with van der Waals surface area (Å²) in [6.45, 7) is 7.33. The van der Waals surface area contributed by atoms with Gasteiger partial charge in [0.1, 0.15) is 0 Å². The van der Waals surface area contributed by atoms with Crippen LogP contribution in [0.5, 0.6) is 0 Å². The maximum absolute atomic E-state index is 4.23. The monoisotopic (exact) mass is 311 g/mol. The Morgan fingerprint density at radius 1 is 1.22 bits per heavy atom. The number of guanidine groups is 1. The first-order chi connectivity index (χ1) is 8.52. The number of hydrogen-bond acceptors (Lipinski definition) is 1. The summed E-state index contributed by atoms with van der Waals surface area (Å²) in [5.74, 6) is 1.43. The van der Waals surface area contributed by atoms with E-state index >= 15 is 0 Å². The van der Waals surface area contributed by atoms with E-state index < -0.39 is 0 Å². The molecule has 0 saturated heterocycles. The van der Waals surface area contributed by atoms with Crippen molar-refractivity contribution < 1.29 is 0 Å². The summed E-state index contributed by atoms with van der Waals surface area (Å²) in [4.78, 5) is 4.23. The van der Waals surface area contributed by atoms with E-state index in [4.69, 9.17) is 0 Å². The van der Waals surface area contributed by atoms with Gasteiger partial charge in [0.15, 0.2) is 5.96 Å². The van der Waals surface area contributed by atoms with E-state index in [0.717, 1.165) is 17.0 Å². The first-order valence-corrected chi connectivity index (χ1v) is 7.04. The average Bonchev–Trinajstić information content (AvgIpc) is 2.35. The van der Waals surface area contributed by atoms with Crippen molar-refractivity contribution in [1.82, 2.24) is 10.6 Å². The number of benzene rings is 1. The largest absolute Gasteiger partial charge is 0.354 e. The van der Waals surface area contributed by atoms with Gasteiger partial charge >= 0.3 is 0 Å². The lowest BCUT2D eigenvalue weighted by Gasteiger charge is -2.20. The Kier molecular flexibility index (Phi) is 6.19. The highest BCUT2D eigenvalue weighted by Crippen LogP contribution is 2.10. The van der Waals surface area contributed by atoms with Crippen molar-refractivity contribution in [1.29, 1.82) is 0 Å². The van der Waals surface area contributed by atoms with Crippen molar-refractivity contribution in [3.8, 4) is 0 Å². The lowest BCUT2D eigenvalue weighted by molar-refractivity contribution is 0.481. The number of aliphatic imine (C=N–C) groups is 1. The second-order valence-corrected chi connectivity index (χ2v) is 5.64. The van der Waals surface area contributed by atoms with Crippen molar-refractivity contribution in [3.63, 3.8) is 0 Å². The fourth-order valence-electron chi connectivity index (χ4n) is 1.36. The third kappa shape index (κ3) is 5.08. The van der Waals surface area contributed by atoms with Crippen LogP contribution in [0.3, 0.4) is 0 Å². The first kappa shape index (κ1) is 15.0. The molecule has 100 valence electrons. The molecule has 1 rings (SSSR count). The standard InChI is InChI=1S/C14H22BrN3/c1-10(2)11(3)18-14(16-4)17-9-12-5-7-13(15)8-6-12/h5-8,10-11H,9H2,1-4H3,(H2,16,17,18). The molecule has 0 spiro atoms. The second-order valence-electron chi connectivity index (χ2n) is 4.73. The van der Waals surface area contributed by atoms with Crippen molar-refractivity contribution in [2.75, 3.05) is 7.05 Å². The molecule has 3 nitrogen and oxygen atoms in total. The van der Waals surface area contributed by atoms with Gasteiger partial charge in [-0.1, -0.05) is 41.9 Å². The fraction of sp³-hybridized carbons (Fsp3) is 0.500. The van der Waals surface area contributed by atoms with Crippen LogP contribution in [-0.4, -0.2) is 19.0 Å². The molecule has 0 aliphatic rings. The molecule has 2 N–H and O–H groups in total. The molecule has 0 aliphatic heterocycles. The first-order valence-electron chi connectivity index (χ1n) is 6.24. The zero-order valence-corrected chi connectivity index (χ0v) is 13.1. The number of nitrogens with zero attached hydrogens (tertiary/aromatic N) is 1. The van der Waals surface area contributed by atoms with E-state index in [2.05, 4.69) is 64.5 Å². The Morgan fingerprint density at radius 3 is 2.33 bits per heavy atom. The molecule has 1 atom stereocenters. The normalized spacial score (nSPS) is 13.6. The van der Waals surface area contributed by atoms with Crippen LogP contribution in [0.25, 0.3) is 0 Å². The highest BCUT2D eigenvalue weighted by molar-refractivity contribution is 9.10. The quantitative estimate of drug-likeness (QED) is 0.662.